The molecule has 0 amide bonds. The van der Waals surface area contributed by atoms with E-state index in [9.17, 15) is 0 Å². The fraction of sp³-hybridized carbons (Fsp3) is 0.417. The van der Waals surface area contributed by atoms with Gasteiger partial charge in [-0.25, -0.2) is 9.97 Å². The first-order valence-electron chi connectivity index (χ1n) is 10.8. The lowest BCUT2D eigenvalue weighted by atomic mass is 10.2. The summed E-state index contributed by atoms with van der Waals surface area (Å²) in [6.07, 6.45) is 1.55. The number of hydrogen-bond donors (Lipinski definition) is 1. The molecule has 32 heavy (non-hydrogen) atoms. The summed E-state index contributed by atoms with van der Waals surface area (Å²) >= 11 is 6.15. The summed E-state index contributed by atoms with van der Waals surface area (Å²) in [6, 6.07) is 10.0. The molecule has 1 fully saturated rings. The Morgan fingerprint density at radius 2 is 2.06 bits per heavy atom. The van der Waals surface area contributed by atoms with E-state index in [2.05, 4.69) is 34.0 Å². The van der Waals surface area contributed by atoms with Crippen molar-refractivity contribution < 1.29 is 14.2 Å². The van der Waals surface area contributed by atoms with Gasteiger partial charge in [-0.15, -0.1) is 0 Å². The summed E-state index contributed by atoms with van der Waals surface area (Å²) in [4.78, 5) is 11.3. The number of morpholine rings is 1. The number of anilines is 2. The number of rotatable bonds is 7. The second kappa shape index (κ2) is 9.90. The van der Waals surface area contributed by atoms with Gasteiger partial charge in [-0.1, -0.05) is 11.6 Å². The molecule has 2 aromatic carbocycles. The van der Waals surface area contributed by atoms with Crippen LogP contribution >= 0.6 is 11.6 Å². The van der Waals surface area contributed by atoms with Crippen molar-refractivity contribution in [3.05, 3.63) is 47.2 Å². The second-order valence-electron chi connectivity index (χ2n) is 8.22. The first-order valence-corrected chi connectivity index (χ1v) is 11.2. The van der Waals surface area contributed by atoms with Crippen molar-refractivity contribution in [2.24, 2.45) is 0 Å². The van der Waals surface area contributed by atoms with Crippen molar-refractivity contribution in [1.82, 2.24) is 14.9 Å². The Morgan fingerprint density at radius 3 is 2.81 bits per heavy atom. The smallest absolute Gasteiger partial charge is 0.163 e. The number of methoxy groups -OCH3 is 1. The highest BCUT2D eigenvalue weighted by Gasteiger charge is 2.23. The molecule has 0 bridgehead atoms. The Bertz CT molecular complexity index is 1090. The van der Waals surface area contributed by atoms with Crippen molar-refractivity contribution in [3.8, 4) is 11.5 Å². The van der Waals surface area contributed by atoms with Gasteiger partial charge < -0.3 is 19.5 Å². The second-order valence-corrected chi connectivity index (χ2v) is 8.63. The van der Waals surface area contributed by atoms with E-state index >= 15 is 0 Å². The predicted octanol–water partition coefficient (Wildman–Crippen LogP) is 4.83. The minimum atomic E-state index is 0.0160. The van der Waals surface area contributed by atoms with Gasteiger partial charge in [0.25, 0.3) is 0 Å². The number of halogens is 1. The monoisotopic (exact) mass is 456 g/mol. The third-order valence-electron chi connectivity index (χ3n) is 5.67. The van der Waals surface area contributed by atoms with Gasteiger partial charge in [0.15, 0.2) is 11.5 Å². The van der Waals surface area contributed by atoms with Crippen molar-refractivity contribution >= 4 is 34.0 Å². The van der Waals surface area contributed by atoms with E-state index in [1.807, 2.05) is 37.3 Å². The topological polar surface area (TPSA) is 68.7 Å². The molecular formula is C24H29ClN4O3. The molecule has 2 heterocycles. The maximum Gasteiger partial charge on any atom is 0.163 e. The molecule has 0 radical (unpaired) electrons. The molecule has 0 saturated carbocycles. The minimum Gasteiger partial charge on any atom is -0.493 e. The molecule has 1 aliphatic heterocycles. The van der Waals surface area contributed by atoms with E-state index in [1.54, 1.807) is 7.11 Å². The average molecular weight is 457 g/mol. The fourth-order valence-electron chi connectivity index (χ4n) is 3.79. The summed E-state index contributed by atoms with van der Waals surface area (Å²) in [7, 11) is 1.63. The van der Waals surface area contributed by atoms with Crippen LogP contribution in [-0.4, -0.2) is 60.4 Å². The number of benzene rings is 2. The van der Waals surface area contributed by atoms with Gasteiger partial charge in [-0.05, 0) is 50.6 Å². The third-order valence-corrected chi connectivity index (χ3v) is 6.09. The highest BCUT2D eigenvalue weighted by atomic mass is 35.5. The Morgan fingerprint density at radius 1 is 1.22 bits per heavy atom. The quantitative estimate of drug-likeness (QED) is 0.546. The predicted molar refractivity (Wildman–Crippen MR) is 128 cm³/mol. The van der Waals surface area contributed by atoms with E-state index in [0.717, 1.165) is 40.3 Å². The number of ether oxygens (including phenoxy) is 3. The average Bonchev–Trinajstić information content (AvgIpc) is 2.80. The van der Waals surface area contributed by atoms with Gasteiger partial charge in [0.05, 0.1) is 19.2 Å². The first-order chi connectivity index (χ1) is 15.4. The van der Waals surface area contributed by atoms with E-state index in [-0.39, 0.29) is 6.10 Å². The number of aromatic nitrogens is 2. The maximum absolute atomic E-state index is 6.15. The Balaban J connectivity index is 1.55. The molecule has 1 unspecified atom stereocenters. The zero-order chi connectivity index (χ0) is 22.7. The largest absolute Gasteiger partial charge is 0.493 e. The lowest BCUT2D eigenvalue weighted by Crippen LogP contribution is -2.47. The summed E-state index contributed by atoms with van der Waals surface area (Å²) in [5.74, 6) is 1.95. The number of fused-ring (bicyclic) bond motifs is 1. The van der Waals surface area contributed by atoms with Crippen LogP contribution in [0.3, 0.4) is 0 Å². The summed E-state index contributed by atoms with van der Waals surface area (Å²) < 4.78 is 17.6. The number of aryl methyl sites for hydroxylation is 1. The van der Waals surface area contributed by atoms with Crippen molar-refractivity contribution in [2.45, 2.75) is 32.9 Å². The molecule has 1 N–H and O–H groups in total. The van der Waals surface area contributed by atoms with E-state index in [0.29, 0.717) is 36.6 Å². The standard InChI is InChI=1S/C24H29ClN4O3/c1-15(2)29-7-8-31-18(12-29)13-32-23-11-21-19(10-22(23)30-4)24(27-14-26-21)28-17-5-6-20(25)16(3)9-17/h5-6,9-11,14-15,18H,7-8,12-13H2,1-4H3,(H,26,27,28). The van der Waals surface area contributed by atoms with Crippen LogP contribution in [0.4, 0.5) is 11.5 Å². The van der Waals surface area contributed by atoms with Gasteiger partial charge in [0, 0.05) is 41.3 Å². The zero-order valence-electron chi connectivity index (χ0n) is 18.9. The molecule has 0 aliphatic carbocycles. The van der Waals surface area contributed by atoms with Gasteiger partial charge >= 0.3 is 0 Å². The third kappa shape index (κ3) is 5.06. The molecule has 8 heteroatoms. The van der Waals surface area contributed by atoms with Crippen LogP contribution < -0.4 is 14.8 Å². The van der Waals surface area contributed by atoms with Crippen molar-refractivity contribution in [1.29, 1.82) is 0 Å². The van der Waals surface area contributed by atoms with Crippen LogP contribution in [0.5, 0.6) is 11.5 Å². The number of hydrogen-bond acceptors (Lipinski definition) is 7. The van der Waals surface area contributed by atoms with Crippen molar-refractivity contribution in [3.63, 3.8) is 0 Å². The highest BCUT2D eigenvalue weighted by Crippen LogP contribution is 2.35. The zero-order valence-corrected chi connectivity index (χ0v) is 19.6. The molecule has 1 atom stereocenters. The highest BCUT2D eigenvalue weighted by molar-refractivity contribution is 6.31. The molecule has 7 nitrogen and oxygen atoms in total. The lowest BCUT2D eigenvalue weighted by molar-refractivity contribution is -0.0566. The summed E-state index contributed by atoms with van der Waals surface area (Å²) in [5.41, 5.74) is 2.65. The summed E-state index contributed by atoms with van der Waals surface area (Å²) in [5, 5.41) is 4.92. The molecule has 1 aromatic heterocycles. The van der Waals surface area contributed by atoms with Crippen LogP contribution in [0.1, 0.15) is 19.4 Å². The fourth-order valence-corrected chi connectivity index (χ4v) is 3.91. The van der Waals surface area contributed by atoms with E-state index < -0.39 is 0 Å². The number of nitrogens with one attached hydrogen (secondary N) is 1. The van der Waals surface area contributed by atoms with Crippen molar-refractivity contribution in [2.75, 3.05) is 38.7 Å². The van der Waals surface area contributed by atoms with Crippen LogP contribution in [0.25, 0.3) is 10.9 Å². The van der Waals surface area contributed by atoms with Gasteiger partial charge in [-0.2, -0.15) is 0 Å². The molecular weight excluding hydrogens is 428 g/mol. The minimum absolute atomic E-state index is 0.0160. The van der Waals surface area contributed by atoms with Gasteiger partial charge in [-0.3, -0.25) is 4.90 Å². The molecule has 170 valence electrons. The normalized spacial score (nSPS) is 17.0. The molecule has 4 rings (SSSR count). The van der Waals surface area contributed by atoms with Gasteiger partial charge in [0.1, 0.15) is 24.9 Å². The van der Waals surface area contributed by atoms with Crippen LogP contribution in [0, 0.1) is 6.92 Å². The Kier molecular flexibility index (Phi) is 6.98. The molecule has 3 aromatic rings. The molecule has 0 spiro atoms. The van der Waals surface area contributed by atoms with E-state index in [4.69, 9.17) is 25.8 Å². The maximum atomic E-state index is 6.15. The lowest BCUT2D eigenvalue weighted by Gasteiger charge is -2.35. The first kappa shape index (κ1) is 22.6. The van der Waals surface area contributed by atoms with Crippen LogP contribution in [-0.2, 0) is 4.74 Å². The molecule has 1 aliphatic rings. The van der Waals surface area contributed by atoms with Gasteiger partial charge in [0.2, 0.25) is 0 Å². The SMILES string of the molecule is COc1cc2c(Nc3ccc(Cl)c(C)c3)ncnc2cc1OCC1CN(C(C)C)CCO1. The number of nitrogens with zero attached hydrogens (tertiary/aromatic N) is 3. The Hall–Kier alpha value is -2.61. The van der Waals surface area contributed by atoms with E-state index in [1.165, 1.54) is 6.33 Å². The van der Waals surface area contributed by atoms with Crippen LogP contribution in [0.15, 0.2) is 36.7 Å². The molecule has 1 saturated heterocycles. The van der Waals surface area contributed by atoms with Crippen LogP contribution in [0.2, 0.25) is 5.02 Å². The Labute approximate surface area is 193 Å². The summed E-state index contributed by atoms with van der Waals surface area (Å²) in [6.45, 7) is 9.34.